The van der Waals surface area contributed by atoms with Crippen molar-refractivity contribution in [3.8, 4) is 22.9 Å². The van der Waals surface area contributed by atoms with Crippen LogP contribution in [-0.4, -0.2) is 27.7 Å². The number of nitrogens with zero attached hydrogens (tertiary/aromatic N) is 4. The first-order chi connectivity index (χ1) is 12.2. The molecule has 0 aliphatic rings. The van der Waals surface area contributed by atoms with Gasteiger partial charge in [0.2, 0.25) is 5.82 Å². The molecule has 7 nitrogen and oxygen atoms in total. The van der Waals surface area contributed by atoms with Crippen molar-refractivity contribution in [2.75, 3.05) is 12.4 Å². The highest BCUT2D eigenvalue weighted by Gasteiger charge is 2.10. The number of aryl methyl sites for hydroxylation is 1. The van der Waals surface area contributed by atoms with Gasteiger partial charge in [-0.15, -0.1) is 10.2 Å². The lowest BCUT2D eigenvalue weighted by molar-refractivity contribution is 0.417. The van der Waals surface area contributed by atoms with E-state index in [1.54, 1.807) is 7.11 Å². The van der Waals surface area contributed by atoms with E-state index in [2.05, 4.69) is 38.1 Å². The summed E-state index contributed by atoms with van der Waals surface area (Å²) in [4.78, 5) is 0. The van der Waals surface area contributed by atoms with Crippen LogP contribution in [0.15, 0.2) is 48.7 Å². The van der Waals surface area contributed by atoms with Crippen LogP contribution in [0.25, 0.3) is 16.7 Å². The largest absolute Gasteiger partial charge is 0.495 e. The number of tetrazole rings is 1. The molecule has 0 fully saturated rings. The van der Waals surface area contributed by atoms with E-state index in [9.17, 15) is 5.26 Å². The second-order valence-electron chi connectivity index (χ2n) is 5.28. The first-order valence-corrected chi connectivity index (χ1v) is 7.57. The smallest absolute Gasteiger partial charge is 0.216 e. The van der Waals surface area contributed by atoms with E-state index in [-0.39, 0.29) is 11.4 Å². The quantitative estimate of drug-likeness (QED) is 0.696. The molecule has 0 bridgehead atoms. The molecule has 3 aromatic rings. The highest BCUT2D eigenvalue weighted by Crippen LogP contribution is 2.34. The van der Waals surface area contributed by atoms with Gasteiger partial charge >= 0.3 is 0 Å². The highest BCUT2D eigenvalue weighted by molar-refractivity contribution is 5.78. The second kappa shape index (κ2) is 7.27. The molecule has 0 unspecified atom stereocenters. The molecule has 0 spiro atoms. The summed E-state index contributed by atoms with van der Waals surface area (Å²) in [5, 5.41) is 25.7. The summed E-state index contributed by atoms with van der Waals surface area (Å²) in [6, 6.07) is 16.1. The molecule has 0 radical (unpaired) electrons. The zero-order valence-corrected chi connectivity index (χ0v) is 13.8. The average molecular weight is 332 g/mol. The molecule has 0 aliphatic heterocycles. The van der Waals surface area contributed by atoms with E-state index in [0.717, 1.165) is 22.4 Å². The maximum absolute atomic E-state index is 9.24. The molecule has 1 heterocycles. The number of allylic oxidation sites excluding steroid dienone is 1. The van der Waals surface area contributed by atoms with Gasteiger partial charge in [-0.3, -0.25) is 0 Å². The number of nitriles is 1. The number of benzene rings is 2. The van der Waals surface area contributed by atoms with Crippen molar-refractivity contribution < 1.29 is 4.74 Å². The molecule has 1 aromatic heterocycles. The lowest BCUT2D eigenvalue weighted by Crippen LogP contribution is -1.98. The Bertz CT molecular complexity index is 926. The fraction of sp³-hybridized carbons (Fsp3) is 0.111. The number of hydrogen-bond acceptors (Lipinski definition) is 6. The molecule has 7 heteroatoms. The number of methoxy groups -OCH3 is 1. The monoisotopic (exact) mass is 332 g/mol. The predicted octanol–water partition coefficient (Wildman–Crippen LogP) is 3.16. The minimum absolute atomic E-state index is 0.228. The molecule has 0 aliphatic carbocycles. The number of aromatic nitrogens is 4. The van der Waals surface area contributed by atoms with Gasteiger partial charge in [-0.1, -0.05) is 30.3 Å². The minimum atomic E-state index is 0.228. The number of hydrogen-bond donors (Lipinski definition) is 2. The van der Waals surface area contributed by atoms with Gasteiger partial charge < -0.3 is 10.1 Å². The Balaban J connectivity index is 1.95. The summed E-state index contributed by atoms with van der Waals surface area (Å²) in [5.74, 6) is 0.901. The van der Waals surface area contributed by atoms with Crippen molar-refractivity contribution in [3.63, 3.8) is 0 Å². The fourth-order valence-electron chi connectivity index (χ4n) is 2.47. The van der Waals surface area contributed by atoms with Gasteiger partial charge in [0.25, 0.3) is 0 Å². The zero-order valence-electron chi connectivity index (χ0n) is 13.8. The maximum atomic E-state index is 9.24. The van der Waals surface area contributed by atoms with Gasteiger partial charge in [-0.2, -0.15) is 10.5 Å². The standard InChI is InChI=1S/C18H16N6O/c1-12-8-16(20-11-14(10-19)18-21-23-24-22-18)17(25-2)9-15(12)13-6-4-3-5-7-13/h3-9,11,20H,1-2H3,(H,21,22,23,24). The Hall–Kier alpha value is -3.66. The summed E-state index contributed by atoms with van der Waals surface area (Å²) in [6.45, 7) is 2.03. The van der Waals surface area contributed by atoms with Gasteiger partial charge in [-0.05, 0) is 41.0 Å². The van der Waals surface area contributed by atoms with Crippen molar-refractivity contribution in [3.05, 3.63) is 60.1 Å². The van der Waals surface area contributed by atoms with E-state index in [1.165, 1.54) is 6.20 Å². The molecule has 0 saturated heterocycles. The van der Waals surface area contributed by atoms with Crippen molar-refractivity contribution in [1.82, 2.24) is 20.6 Å². The summed E-state index contributed by atoms with van der Waals surface area (Å²) in [5.41, 5.74) is 4.30. The Morgan fingerprint density at radius 1 is 1.28 bits per heavy atom. The van der Waals surface area contributed by atoms with Crippen LogP contribution in [0.3, 0.4) is 0 Å². The lowest BCUT2D eigenvalue weighted by atomic mass is 9.99. The van der Waals surface area contributed by atoms with E-state index < -0.39 is 0 Å². The first-order valence-electron chi connectivity index (χ1n) is 7.57. The number of rotatable bonds is 5. The van der Waals surface area contributed by atoms with E-state index in [1.807, 2.05) is 43.3 Å². The van der Waals surface area contributed by atoms with Crippen LogP contribution in [0.1, 0.15) is 11.4 Å². The van der Waals surface area contributed by atoms with Gasteiger partial charge in [0.15, 0.2) is 0 Å². The van der Waals surface area contributed by atoms with Crippen molar-refractivity contribution in [2.24, 2.45) is 0 Å². The number of aromatic amines is 1. The van der Waals surface area contributed by atoms with Crippen LogP contribution in [0.4, 0.5) is 5.69 Å². The summed E-state index contributed by atoms with van der Waals surface area (Å²) in [7, 11) is 1.61. The Kier molecular flexibility index (Phi) is 4.72. The van der Waals surface area contributed by atoms with Crippen LogP contribution in [0.5, 0.6) is 5.75 Å². The molecule has 3 rings (SSSR count). The van der Waals surface area contributed by atoms with Crippen molar-refractivity contribution in [2.45, 2.75) is 6.92 Å². The molecular formula is C18H16N6O. The molecule has 124 valence electrons. The fourth-order valence-corrected chi connectivity index (χ4v) is 2.47. The third kappa shape index (κ3) is 3.48. The Labute approximate surface area is 145 Å². The highest BCUT2D eigenvalue weighted by atomic mass is 16.5. The lowest BCUT2D eigenvalue weighted by Gasteiger charge is -2.14. The maximum Gasteiger partial charge on any atom is 0.216 e. The zero-order chi connectivity index (χ0) is 17.6. The normalized spacial score (nSPS) is 11.0. The molecule has 0 saturated carbocycles. The van der Waals surface area contributed by atoms with E-state index >= 15 is 0 Å². The van der Waals surface area contributed by atoms with E-state index in [0.29, 0.717) is 5.75 Å². The van der Waals surface area contributed by atoms with Crippen LogP contribution in [0, 0.1) is 18.3 Å². The Morgan fingerprint density at radius 2 is 2.08 bits per heavy atom. The molecule has 2 N–H and O–H groups in total. The third-order valence-electron chi connectivity index (χ3n) is 3.71. The predicted molar refractivity (Wildman–Crippen MR) is 94.6 cm³/mol. The number of H-pyrrole nitrogens is 1. The first kappa shape index (κ1) is 16.2. The third-order valence-corrected chi connectivity index (χ3v) is 3.71. The molecule has 0 atom stereocenters. The average Bonchev–Trinajstić information content (AvgIpc) is 3.17. The van der Waals surface area contributed by atoms with E-state index in [4.69, 9.17) is 4.74 Å². The SMILES string of the molecule is COc1cc(-c2ccccc2)c(C)cc1NC=C(C#N)c1nn[nH]n1. The van der Waals surface area contributed by atoms with Crippen LogP contribution in [-0.2, 0) is 0 Å². The number of nitrogens with one attached hydrogen (secondary N) is 2. The van der Waals surface area contributed by atoms with Crippen molar-refractivity contribution >= 4 is 11.3 Å². The number of anilines is 1. The molecule has 25 heavy (non-hydrogen) atoms. The molecule has 0 amide bonds. The van der Waals surface area contributed by atoms with Gasteiger partial charge in [-0.25, -0.2) is 0 Å². The topological polar surface area (TPSA) is 99.5 Å². The summed E-state index contributed by atoms with van der Waals surface area (Å²) < 4.78 is 5.49. The van der Waals surface area contributed by atoms with Gasteiger partial charge in [0.05, 0.1) is 12.8 Å². The van der Waals surface area contributed by atoms with Crippen LogP contribution in [0.2, 0.25) is 0 Å². The van der Waals surface area contributed by atoms with Gasteiger partial charge in [0.1, 0.15) is 17.4 Å². The van der Waals surface area contributed by atoms with Crippen molar-refractivity contribution in [1.29, 1.82) is 5.26 Å². The second-order valence-corrected chi connectivity index (χ2v) is 5.28. The molecule has 2 aromatic carbocycles. The Morgan fingerprint density at radius 3 is 2.72 bits per heavy atom. The van der Waals surface area contributed by atoms with Gasteiger partial charge in [0, 0.05) is 6.20 Å². The summed E-state index contributed by atoms with van der Waals surface area (Å²) in [6.07, 6.45) is 1.53. The summed E-state index contributed by atoms with van der Waals surface area (Å²) >= 11 is 0. The van der Waals surface area contributed by atoms with Crippen LogP contribution >= 0.6 is 0 Å². The number of ether oxygens (including phenoxy) is 1. The van der Waals surface area contributed by atoms with Crippen LogP contribution < -0.4 is 10.1 Å². The minimum Gasteiger partial charge on any atom is -0.495 e. The molecular weight excluding hydrogens is 316 g/mol.